The average molecular weight is 434 g/mol. The van der Waals surface area contributed by atoms with Crippen molar-refractivity contribution in [3.63, 3.8) is 0 Å². The molecule has 2 atom stereocenters. The van der Waals surface area contributed by atoms with E-state index in [0.717, 1.165) is 42.8 Å². The van der Waals surface area contributed by atoms with Gasteiger partial charge in [0.2, 0.25) is 11.9 Å². The Morgan fingerprint density at radius 1 is 1.32 bits per heavy atom. The van der Waals surface area contributed by atoms with Crippen LogP contribution in [0.15, 0.2) is 30.7 Å². The normalized spacial score (nSPS) is 20.6. The summed E-state index contributed by atoms with van der Waals surface area (Å²) in [7, 11) is 0. The number of aromatic nitrogens is 4. The van der Waals surface area contributed by atoms with Crippen LogP contribution in [-0.4, -0.2) is 48.8 Å². The van der Waals surface area contributed by atoms with Crippen molar-refractivity contribution in [3.05, 3.63) is 36.4 Å². The fraction of sp³-hybridized carbons (Fsp3) is 0.524. The van der Waals surface area contributed by atoms with Crippen LogP contribution in [0.2, 0.25) is 0 Å². The Bertz CT molecular complexity index is 970. The number of rotatable bonds is 7. The molecule has 2 aromatic heterocycles. The number of hydrogen-bond donors (Lipinski definition) is 1. The third-order valence-corrected chi connectivity index (χ3v) is 5.63. The molecule has 4 rings (SSSR count). The Morgan fingerprint density at radius 3 is 2.90 bits per heavy atom. The summed E-state index contributed by atoms with van der Waals surface area (Å²) in [4.78, 5) is 22.9. The minimum Gasteiger partial charge on any atom is -0.333 e. The molecule has 0 saturated carbocycles. The van der Waals surface area contributed by atoms with Gasteiger partial charge in [-0.05, 0) is 37.3 Å². The van der Waals surface area contributed by atoms with Gasteiger partial charge in [0.1, 0.15) is 0 Å². The highest BCUT2D eigenvalue weighted by Crippen LogP contribution is 2.39. The molecule has 1 saturated heterocycles. The van der Waals surface area contributed by atoms with Crippen LogP contribution in [0, 0.1) is 0 Å². The summed E-state index contributed by atoms with van der Waals surface area (Å²) in [5.74, 6) is 0.0275. The molecular weight excluding hydrogens is 409 g/mol. The lowest BCUT2D eigenvalue weighted by molar-refractivity contribution is -0.150. The monoisotopic (exact) mass is 434 g/mol. The van der Waals surface area contributed by atoms with E-state index in [2.05, 4.69) is 27.3 Å². The number of halogens is 3. The number of carbonyl (C=O) groups is 1. The van der Waals surface area contributed by atoms with Gasteiger partial charge in [-0.1, -0.05) is 13.0 Å². The fourth-order valence-electron chi connectivity index (χ4n) is 4.29. The van der Waals surface area contributed by atoms with Crippen molar-refractivity contribution in [1.29, 1.82) is 0 Å². The maximum absolute atomic E-state index is 12.5. The second-order valence-corrected chi connectivity index (χ2v) is 7.99. The summed E-state index contributed by atoms with van der Waals surface area (Å²) >= 11 is 0. The second kappa shape index (κ2) is 8.68. The lowest BCUT2D eigenvalue weighted by atomic mass is 9.98. The van der Waals surface area contributed by atoms with Gasteiger partial charge in [-0.3, -0.25) is 9.48 Å². The van der Waals surface area contributed by atoms with Crippen LogP contribution in [0.25, 0.3) is 5.57 Å². The Balaban J connectivity index is 1.46. The molecule has 2 unspecified atom stereocenters. The highest BCUT2D eigenvalue weighted by atomic mass is 19.4. The highest BCUT2D eigenvalue weighted by molar-refractivity contribution is 5.80. The summed E-state index contributed by atoms with van der Waals surface area (Å²) in [5, 5.41) is 7.43. The standard InChI is InChI=1S/C21H25F3N6O/c1-2-9-29-13-15(12-26-29)27-20-25-8-6-18(28-20)14-10-16-3-4-17(11-14)30(16)19(31)5-7-21(22,23)24/h6,8,10,12-13,16-17H,2-5,7,9,11H2,1H3,(H,25,27,28). The van der Waals surface area contributed by atoms with E-state index in [-0.39, 0.29) is 12.1 Å². The zero-order valence-corrected chi connectivity index (χ0v) is 17.3. The van der Waals surface area contributed by atoms with Crippen molar-refractivity contribution < 1.29 is 18.0 Å². The number of amides is 1. The third kappa shape index (κ3) is 5.05. The van der Waals surface area contributed by atoms with Gasteiger partial charge in [0.25, 0.3) is 0 Å². The van der Waals surface area contributed by atoms with Crippen LogP contribution in [-0.2, 0) is 11.3 Å². The first kappa shape index (κ1) is 21.3. The first-order chi connectivity index (χ1) is 14.8. The molecule has 2 bridgehead atoms. The predicted molar refractivity (Wildman–Crippen MR) is 109 cm³/mol. The maximum Gasteiger partial charge on any atom is 0.389 e. The van der Waals surface area contributed by atoms with Crippen LogP contribution in [0.4, 0.5) is 24.8 Å². The van der Waals surface area contributed by atoms with Crippen molar-refractivity contribution in [1.82, 2.24) is 24.6 Å². The Kier molecular flexibility index (Phi) is 5.97. The summed E-state index contributed by atoms with van der Waals surface area (Å²) in [6.45, 7) is 2.91. The second-order valence-electron chi connectivity index (χ2n) is 7.99. The minimum absolute atomic E-state index is 0.0793. The lowest BCUT2D eigenvalue weighted by Gasteiger charge is -2.34. The summed E-state index contributed by atoms with van der Waals surface area (Å²) in [5.41, 5.74) is 2.56. The van der Waals surface area contributed by atoms with E-state index >= 15 is 0 Å². The van der Waals surface area contributed by atoms with Gasteiger partial charge in [-0.25, -0.2) is 9.97 Å². The number of nitrogens with one attached hydrogen (secondary N) is 1. The summed E-state index contributed by atoms with van der Waals surface area (Å²) < 4.78 is 39.4. The molecule has 1 N–H and O–H groups in total. The van der Waals surface area contributed by atoms with E-state index < -0.39 is 24.9 Å². The van der Waals surface area contributed by atoms with Crippen molar-refractivity contribution in [2.45, 2.75) is 70.3 Å². The van der Waals surface area contributed by atoms with Crippen LogP contribution in [0.5, 0.6) is 0 Å². The molecule has 1 fully saturated rings. The Morgan fingerprint density at radius 2 is 2.16 bits per heavy atom. The molecule has 7 nitrogen and oxygen atoms in total. The van der Waals surface area contributed by atoms with Gasteiger partial charge in [0, 0.05) is 31.4 Å². The van der Waals surface area contributed by atoms with Crippen molar-refractivity contribution in [3.8, 4) is 0 Å². The van der Waals surface area contributed by atoms with E-state index in [1.165, 1.54) is 0 Å². The quantitative estimate of drug-likeness (QED) is 0.703. The average Bonchev–Trinajstić information content (AvgIpc) is 3.27. The highest BCUT2D eigenvalue weighted by Gasteiger charge is 2.40. The fourth-order valence-corrected chi connectivity index (χ4v) is 4.29. The van der Waals surface area contributed by atoms with Crippen molar-refractivity contribution >= 4 is 23.1 Å². The number of hydrogen-bond acceptors (Lipinski definition) is 5. The number of anilines is 2. The lowest BCUT2D eigenvalue weighted by Crippen LogP contribution is -2.43. The number of nitrogens with zero attached hydrogens (tertiary/aromatic N) is 5. The summed E-state index contributed by atoms with van der Waals surface area (Å²) in [6, 6.07) is 1.57. The van der Waals surface area contributed by atoms with E-state index in [1.807, 2.05) is 23.0 Å². The predicted octanol–water partition coefficient (Wildman–Crippen LogP) is 4.32. The van der Waals surface area contributed by atoms with Gasteiger partial charge >= 0.3 is 6.18 Å². The Labute approximate surface area is 178 Å². The third-order valence-electron chi connectivity index (χ3n) is 5.63. The van der Waals surface area contributed by atoms with Crippen LogP contribution in [0.3, 0.4) is 0 Å². The van der Waals surface area contributed by atoms with Gasteiger partial charge in [0.05, 0.1) is 30.0 Å². The number of aryl methyl sites for hydroxylation is 1. The van der Waals surface area contributed by atoms with Crippen molar-refractivity contribution in [2.24, 2.45) is 0 Å². The number of alkyl halides is 3. The summed E-state index contributed by atoms with van der Waals surface area (Å²) in [6.07, 6.45) is 4.49. The minimum atomic E-state index is -4.32. The smallest absolute Gasteiger partial charge is 0.333 e. The Hall–Kier alpha value is -2.91. The zero-order chi connectivity index (χ0) is 22.0. The van der Waals surface area contributed by atoms with E-state index in [1.54, 1.807) is 17.3 Å². The molecule has 2 aliphatic rings. The molecule has 0 radical (unpaired) electrons. The largest absolute Gasteiger partial charge is 0.389 e. The van der Waals surface area contributed by atoms with Crippen LogP contribution >= 0.6 is 0 Å². The van der Waals surface area contributed by atoms with Gasteiger partial charge in [-0.15, -0.1) is 0 Å². The molecule has 4 heterocycles. The molecule has 0 spiro atoms. The molecule has 166 valence electrons. The molecule has 1 amide bonds. The molecular formula is C21H25F3N6O. The molecule has 10 heteroatoms. The van der Waals surface area contributed by atoms with E-state index in [0.29, 0.717) is 12.4 Å². The maximum atomic E-state index is 12.5. The van der Waals surface area contributed by atoms with Gasteiger partial charge < -0.3 is 10.2 Å². The molecule has 2 aromatic rings. The van der Waals surface area contributed by atoms with Crippen molar-refractivity contribution in [2.75, 3.05) is 5.32 Å². The van der Waals surface area contributed by atoms with Gasteiger partial charge in [-0.2, -0.15) is 18.3 Å². The zero-order valence-electron chi connectivity index (χ0n) is 17.3. The molecule has 2 aliphatic heterocycles. The molecule has 31 heavy (non-hydrogen) atoms. The van der Waals surface area contributed by atoms with E-state index in [4.69, 9.17) is 0 Å². The van der Waals surface area contributed by atoms with Gasteiger partial charge in [0.15, 0.2) is 0 Å². The van der Waals surface area contributed by atoms with Crippen LogP contribution in [0.1, 0.15) is 51.1 Å². The first-order valence-corrected chi connectivity index (χ1v) is 10.5. The number of carbonyl (C=O) groups excluding carboxylic acids is 1. The first-order valence-electron chi connectivity index (χ1n) is 10.5. The topological polar surface area (TPSA) is 75.9 Å². The molecule has 0 aliphatic carbocycles. The van der Waals surface area contributed by atoms with Crippen LogP contribution < -0.4 is 5.32 Å². The SMILES string of the molecule is CCCn1cc(Nc2nccc(C3=CC4CCC(C3)N4C(=O)CCC(F)(F)F)n2)cn1. The van der Waals surface area contributed by atoms with E-state index in [9.17, 15) is 18.0 Å². The molecule has 0 aromatic carbocycles. The number of fused-ring (bicyclic) bond motifs is 2.